The fourth-order valence-corrected chi connectivity index (χ4v) is 3.75. The van der Waals surface area contributed by atoms with Crippen LogP contribution in [0.25, 0.3) is 0 Å². The Morgan fingerprint density at radius 1 is 0.933 bits per heavy atom. The molecule has 4 rings (SSSR count). The van der Waals surface area contributed by atoms with Gasteiger partial charge in [0.2, 0.25) is 0 Å². The second-order valence-electron chi connectivity index (χ2n) is 7.32. The summed E-state index contributed by atoms with van der Waals surface area (Å²) in [5.74, 6) is 0.418. The minimum atomic E-state index is -2.90. The normalized spacial score (nSPS) is 14.1. The van der Waals surface area contributed by atoms with Gasteiger partial charge in [0.25, 0.3) is 0 Å². The Kier molecular flexibility index (Phi) is 6.42. The Hall–Kier alpha value is -3.15. The number of alkyl halides is 2. The smallest absolute Gasteiger partial charge is 0.387 e. The Morgan fingerprint density at radius 2 is 1.73 bits per heavy atom. The van der Waals surface area contributed by atoms with Crippen molar-refractivity contribution < 1.29 is 18.3 Å². The minimum Gasteiger partial charge on any atom is -0.486 e. The van der Waals surface area contributed by atoms with Gasteiger partial charge < -0.3 is 14.4 Å². The van der Waals surface area contributed by atoms with Crippen LogP contribution in [-0.4, -0.2) is 17.7 Å². The summed E-state index contributed by atoms with van der Waals surface area (Å²) < 4.78 is 36.7. The van der Waals surface area contributed by atoms with E-state index in [1.165, 1.54) is 0 Å². The zero-order valence-corrected chi connectivity index (χ0v) is 16.6. The van der Waals surface area contributed by atoms with E-state index in [2.05, 4.69) is 9.88 Å². The monoisotopic (exact) mass is 410 g/mol. The highest BCUT2D eigenvalue weighted by Crippen LogP contribution is 2.38. The van der Waals surface area contributed by atoms with Gasteiger partial charge in [-0.05, 0) is 61.6 Å². The van der Waals surface area contributed by atoms with E-state index in [1.54, 1.807) is 24.4 Å². The molecule has 0 N–H and O–H groups in total. The van der Waals surface area contributed by atoms with Crippen LogP contribution in [0.1, 0.15) is 31.2 Å². The molecule has 1 saturated carbocycles. The SMILES string of the molecule is FC(F)Oc1ccc(N(Cc2cccnc2)c2ccccc2)cc1OC1CCCC1. The molecule has 0 spiro atoms. The van der Waals surface area contributed by atoms with Crippen LogP contribution in [0.2, 0.25) is 0 Å². The van der Waals surface area contributed by atoms with E-state index in [0.717, 1.165) is 42.6 Å². The number of rotatable bonds is 8. The number of halogens is 2. The first kappa shape index (κ1) is 20.1. The zero-order chi connectivity index (χ0) is 20.8. The number of nitrogens with zero attached hydrogens (tertiary/aromatic N) is 2. The van der Waals surface area contributed by atoms with Gasteiger partial charge in [-0.2, -0.15) is 8.78 Å². The van der Waals surface area contributed by atoms with E-state index in [0.29, 0.717) is 12.3 Å². The molecular weight excluding hydrogens is 386 g/mol. The summed E-state index contributed by atoms with van der Waals surface area (Å²) in [5.41, 5.74) is 2.85. The summed E-state index contributed by atoms with van der Waals surface area (Å²) in [7, 11) is 0. The van der Waals surface area contributed by atoms with E-state index in [4.69, 9.17) is 9.47 Å². The Bertz CT molecular complexity index is 932. The van der Waals surface area contributed by atoms with Crippen LogP contribution in [-0.2, 0) is 6.54 Å². The van der Waals surface area contributed by atoms with Crippen LogP contribution >= 0.6 is 0 Å². The Balaban J connectivity index is 1.69. The number of para-hydroxylation sites is 1. The molecule has 4 nitrogen and oxygen atoms in total. The lowest BCUT2D eigenvalue weighted by atomic mass is 10.1. The molecule has 0 aliphatic heterocycles. The molecule has 1 fully saturated rings. The van der Waals surface area contributed by atoms with Crippen LogP contribution in [0.3, 0.4) is 0 Å². The largest absolute Gasteiger partial charge is 0.486 e. The molecule has 6 heteroatoms. The summed E-state index contributed by atoms with van der Waals surface area (Å²) in [6.07, 6.45) is 7.62. The fourth-order valence-electron chi connectivity index (χ4n) is 3.75. The maximum atomic E-state index is 12.9. The molecule has 3 aromatic rings. The first-order valence-electron chi connectivity index (χ1n) is 10.2. The summed E-state index contributed by atoms with van der Waals surface area (Å²) in [4.78, 5) is 6.31. The highest BCUT2D eigenvalue weighted by Gasteiger charge is 2.21. The van der Waals surface area contributed by atoms with Crippen molar-refractivity contribution in [1.82, 2.24) is 4.98 Å². The summed E-state index contributed by atoms with van der Waals surface area (Å²) >= 11 is 0. The van der Waals surface area contributed by atoms with Crippen LogP contribution in [0, 0.1) is 0 Å². The van der Waals surface area contributed by atoms with Gasteiger partial charge in [-0.1, -0.05) is 24.3 Å². The molecule has 0 radical (unpaired) electrons. The van der Waals surface area contributed by atoms with Gasteiger partial charge in [-0.25, -0.2) is 0 Å². The van der Waals surface area contributed by atoms with Gasteiger partial charge in [0, 0.05) is 36.4 Å². The third-order valence-corrected chi connectivity index (χ3v) is 5.18. The number of hydrogen-bond donors (Lipinski definition) is 0. The van der Waals surface area contributed by atoms with Gasteiger partial charge in [-0.15, -0.1) is 0 Å². The number of ether oxygens (including phenoxy) is 2. The summed E-state index contributed by atoms with van der Waals surface area (Å²) in [6.45, 7) is -2.32. The molecule has 1 heterocycles. The number of anilines is 2. The van der Waals surface area contributed by atoms with Crippen molar-refractivity contribution in [3.8, 4) is 11.5 Å². The first-order valence-corrected chi connectivity index (χ1v) is 10.2. The lowest BCUT2D eigenvalue weighted by Crippen LogP contribution is -2.18. The third kappa shape index (κ3) is 5.06. The van der Waals surface area contributed by atoms with Crippen LogP contribution in [0.5, 0.6) is 11.5 Å². The summed E-state index contributed by atoms with van der Waals surface area (Å²) in [6, 6.07) is 19.0. The van der Waals surface area contributed by atoms with Crippen molar-refractivity contribution in [3.63, 3.8) is 0 Å². The van der Waals surface area contributed by atoms with Crippen LogP contribution in [0.15, 0.2) is 73.1 Å². The van der Waals surface area contributed by atoms with E-state index < -0.39 is 6.61 Å². The lowest BCUT2D eigenvalue weighted by Gasteiger charge is -2.26. The average Bonchev–Trinajstić information content (AvgIpc) is 3.27. The quantitative estimate of drug-likeness (QED) is 0.434. The molecule has 0 atom stereocenters. The molecular formula is C24H24F2N2O2. The standard InChI is InChI=1S/C24H24F2N2O2/c25-24(26)30-22-13-12-20(15-23(22)29-21-10-4-5-11-21)28(19-8-2-1-3-9-19)17-18-7-6-14-27-16-18/h1-3,6-9,12-16,21,24H,4-5,10-11,17H2. The van der Waals surface area contributed by atoms with Crippen molar-refractivity contribution in [1.29, 1.82) is 0 Å². The second kappa shape index (κ2) is 9.57. The van der Waals surface area contributed by atoms with Crippen molar-refractivity contribution in [2.45, 2.75) is 44.9 Å². The van der Waals surface area contributed by atoms with Crippen LogP contribution < -0.4 is 14.4 Å². The third-order valence-electron chi connectivity index (χ3n) is 5.18. The molecule has 0 amide bonds. The first-order chi connectivity index (χ1) is 14.7. The van der Waals surface area contributed by atoms with Gasteiger partial charge in [0.15, 0.2) is 11.5 Å². The summed E-state index contributed by atoms with van der Waals surface area (Å²) in [5, 5.41) is 0. The van der Waals surface area contributed by atoms with E-state index >= 15 is 0 Å². The van der Waals surface area contributed by atoms with Crippen molar-refractivity contribution in [2.75, 3.05) is 4.90 Å². The number of benzene rings is 2. The molecule has 30 heavy (non-hydrogen) atoms. The Morgan fingerprint density at radius 3 is 2.43 bits per heavy atom. The van der Waals surface area contributed by atoms with E-state index in [-0.39, 0.29) is 11.9 Å². The molecule has 0 unspecified atom stereocenters. The minimum absolute atomic E-state index is 0.0313. The highest BCUT2D eigenvalue weighted by atomic mass is 19.3. The predicted molar refractivity (Wildman–Crippen MR) is 112 cm³/mol. The molecule has 1 aliphatic rings. The molecule has 0 bridgehead atoms. The number of aromatic nitrogens is 1. The molecule has 1 aliphatic carbocycles. The van der Waals surface area contributed by atoms with Gasteiger partial charge >= 0.3 is 6.61 Å². The topological polar surface area (TPSA) is 34.6 Å². The predicted octanol–water partition coefficient (Wildman–Crippen LogP) is 6.34. The maximum absolute atomic E-state index is 12.9. The van der Waals surface area contributed by atoms with Gasteiger partial charge in [0.1, 0.15) is 0 Å². The molecule has 2 aromatic carbocycles. The van der Waals surface area contributed by atoms with Gasteiger partial charge in [-0.3, -0.25) is 4.98 Å². The highest BCUT2D eigenvalue weighted by molar-refractivity contribution is 5.66. The fraction of sp³-hybridized carbons (Fsp3) is 0.292. The van der Waals surface area contributed by atoms with Crippen LogP contribution in [0.4, 0.5) is 20.2 Å². The lowest BCUT2D eigenvalue weighted by molar-refractivity contribution is -0.0520. The molecule has 1 aromatic heterocycles. The number of pyridine rings is 1. The van der Waals surface area contributed by atoms with Crippen molar-refractivity contribution in [2.24, 2.45) is 0 Å². The number of hydrogen-bond acceptors (Lipinski definition) is 4. The molecule has 0 saturated heterocycles. The zero-order valence-electron chi connectivity index (χ0n) is 16.6. The van der Waals surface area contributed by atoms with E-state index in [9.17, 15) is 8.78 Å². The van der Waals surface area contributed by atoms with Crippen molar-refractivity contribution >= 4 is 11.4 Å². The Labute approximate surface area is 175 Å². The maximum Gasteiger partial charge on any atom is 0.387 e. The van der Waals surface area contributed by atoms with Crippen molar-refractivity contribution in [3.05, 3.63) is 78.6 Å². The molecule has 156 valence electrons. The van der Waals surface area contributed by atoms with Gasteiger partial charge in [0.05, 0.1) is 6.10 Å². The van der Waals surface area contributed by atoms with E-state index in [1.807, 2.05) is 48.7 Å². The average molecular weight is 410 g/mol. The second-order valence-corrected chi connectivity index (χ2v) is 7.32.